The van der Waals surface area contributed by atoms with Gasteiger partial charge in [0.15, 0.2) is 5.82 Å². The lowest BCUT2D eigenvalue weighted by Gasteiger charge is -2.20. The molecule has 0 saturated carbocycles. The number of aryl methyl sites for hydroxylation is 2. The van der Waals surface area contributed by atoms with Crippen molar-refractivity contribution in [3.05, 3.63) is 17.1 Å². The Bertz CT molecular complexity index is 684. The zero-order valence-electron chi connectivity index (χ0n) is 14.3. The maximum absolute atomic E-state index is 6.25. The van der Waals surface area contributed by atoms with Crippen molar-refractivity contribution in [1.82, 2.24) is 14.5 Å². The Balaban J connectivity index is 2.30. The number of nitrogens with zero attached hydrogens (tertiary/aromatic N) is 3. The molecule has 0 radical (unpaired) electrons. The quantitative estimate of drug-likeness (QED) is 0.926. The molecule has 1 atom stereocenters. The number of hydrogen-bond donors (Lipinski definition) is 1. The van der Waals surface area contributed by atoms with E-state index in [9.17, 15) is 0 Å². The number of anilines is 1. The van der Waals surface area contributed by atoms with Crippen molar-refractivity contribution in [3.8, 4) is 0 Å². The van der Waals surface area contributed by atoms with Crippen molar-refractivity contribution in [3.63, 3.8) is 0 Å². The lowest BCUT2D eigenvalue weighted by Crippen LogP contribution is -2.14. The van der Waals surface area contributed by atoms with Crippen molar-refractivity contribution < 1.29 is 0 Å². The average Bonchev–Trinajstić information content (AvgIpc) is 2.86. The first-order chi connectivity index (χ1) is 10.5. The molecular formula is C18H28N4. The van der Waals surface area contributed by atoms with Crippen molar-refractivity contribution in [2.24, 2.45) is 5.92 Å². The lowest BCUT2D eigenvalue weighted by molar-refractivity contribution is 0.498. The molecule has 1 aliphatic carbocycles. The fraction of sp³-hybridized carbons (Fsp3) is 0.667. The van der Waals surface area contributed by atoms with Crippen molar-refractivity contribution in [2.45, 2.75) is 72.3 Å². The molecule has 4 nitrogen and oxygen atoms in total. The molecule has 2 heterocycles. The van der Waals surface area contributed by atoms with E-state index in [2.05, 4.69) is 37.2 Å². The molecule has 0 aromatic carbocycles. The van der Waals surface area contributed by atoms with Crippen LogP contribution in [0.1, 0.15) is 70.0 Å². The molecule has 1 unspecified atom stereocenters. The third kappa shape index (κ3) is 2.49. The van der Waals surface area contributed by atoms with Gasteiger partial charge in [0.1, 0.15) is 11.3 Å². The summed E-state index contributed by atoms with van der Waals surface area (Å²) >= 11 is 0. The summed E-state index contributed by atoms with van der Waals surface area (Å²) in [6.45, 7) is 10.0. The molecule has 1 aliphatic rings. The molecule has 2 N–H and O–H groups in total. The summed E-state index contributed by atoms with van der Waals surface area (Å²) in [5.41, 5.74) is 11.1. The summed E-state index contributed by atoms with van der Waals surface area (Å²) in [4.78, 5) is 9.58. The summed E-state index contributed by atoms with van der Waals surface area (Å²) in [6.07, 6.45) is 5.74. The molecule has 3 rings (SSSR count). The number of rotatable bonds is 4. The van der Waals surface area contributed by atoms with E-state index < -0.39 is 0 Å². The van der Waals surface area contributed by atoms with Crippen LogP contribution in [-0.2, 0) is 19.4 Å². The largest absolute Gasteiger partial charge is 0.382 e. The number of nitrogen functional groups attached to an aromatic ring is 1. The van der Waals surface area contributed by atoms with Crippen LogP contribution in [0.25, 0.3) is 11.0 Å². The van der Waals surface area contributed by atoms with Gasteiger partial charge in [-0.15, -0.1) is 0 Å². The zero-order valence-corrected chi connectivity index (χ0v) is 14.3. The molecule has 0 spiro atoms. The Kier molecular flexibility index (Phi) is 4.11. The average molecular weight is 300 g/mol. The van der Waals surface area contributed by atoms with Gasteiger partial charge in [0.05, 0.1) is 5.52 Å². The van der Waals surface area contributed by atoms with Gasteiger partial charge in [-0.1, -0.05) is 27.7 Å². The minimum absolute atomic E-state index is 0.449. The summed E-state index contributed by atoms with van der Waals surface area (Å²) in [5.74, 6) is 2.83. The number of nitrogens with two attached hydrogens (primary N) is 1. The first-order valence-electron chi connectivity index (χ1n) is 8.70. The van der Waals surface area contributed by atoms with Crippen LogP contribution >= 0.6 is 0 Å². The molecular weight excluding hydrogens is 272 g/mol. The predicted octanol–water partition coefficient (Wildman–Crippen LogP) is 4.06. The zero-order chi connectivity index (χ0) is 15.9. The van der Waals surface area contributed by atoms with Crippen LogP contribution < -0.4 is 5.73 Å². The summed E-state index contributed by atoms with van der Waals surface area (Å²) in [6, 6.07) is 0. The first kappa shape index (κ1) is 15.3. The van der Waals surface area contributed by atoms with E-state index in [0.717, 1.165) is 31.3 Å². The Morgan fingerprint density at radius 2 is 1.86 bits per heavy atom. The van der Waals surface area contributed by atoms with Crippen LogP contribution in [0.3, 0.4) is 0 Å². The standard InChI is InChI=1S/C18H28N4/c1-5-12(4)18-21-15-16(22(18)10-11(2)3)13-8-6-7-9-14(13)20-17(15)19/h11-12H,5-10H2,1-4H3,(H2,19,20). The van der Waals surface area contributed by atoms with E-state index >= 15 is 0 Å². The highest BCUT2D eigenvalue weighted by Crippen LogP contribution is 2.34. The topological polar surface area (TPSA) is 56.7 Å². The second-order valence-corrected chi connectivity index (χ2v) is 7.11. The maximum atomic E-state index is 6.25. The smallest absolute Gasteiger partial charge is 0.151 e. The normalized spacial score (nSPS) is 16.2. The molecule has 4 heteroatoms. The lowest BCUT2D eigenvalue weighted by atomic mass is 9.94. The maximum Gasteiger partial charge on any atom is 0.151 e. The monoisotopic (exact) mass is 300 g/mol. The fourth-order valence-corrected chi connectivity index (χ4v) is 3.53. The van der Waals surface area contributed by atoms with Gasteiger partial charge in [0.25, 0.3) is 0 Å². The van der Waals surface area contributed by atoms with E-state index in [4.69, 9.17) is 10.7 Å². The summed E-state index contributed by atoms with van der Waals surface area (Å²) in [5, 5.41) is 0. The van der Waals surface area contributed by atoms with Crippen molar-refractivity contribution in [1.29, 1.82) is 0 Å². The van der Waals surface area contributed by atoms with Gasteiger partial charge in [-0.05, 0) is 43.6 Å². The van der Waals surface area contributed by atoms with Gasteiger partial charge in [-0.2, -0.15) is 0 Å². The molecule has 0 saturated heterocycles. The van der Waals surface area contributed by atoms with Crippen molar-refractivity contribution in [2.75, 3.05) is 5.73 Å². The van der Waals surface area contributed by atoms with Gasteiger partial charge in [0, 0.05) is 18.2 Å². The van der Waals surface area contributed by atoms with Gasteiger partial charge in [-0.3, -0.25) is 0 Å². The predicted molar refractivity (Wildman–Crippen MR) is 92.1 cm³/mol. The molecule has 2 aromatic heterocycles. The highest BCUT2D eigenvalue weighted by atomic mass is 15.1. The molecule has 22 heavy (non-hydrogen) atoms. The number of fused-ring (bicyclic) bond motifs is 3. The van der Waals surface area contributed by atoms with Gasteiger partial charge in [0.2, 0.25) is 0 Å². The number of pyridine rings is 1. The minimum Gasteiger partial charge on any atom is -0.382 e. The second kappa shape index (κ2) is 5.90. The van der Waals surface area contributed by atoms with Crippen LogP contribution in [0.15, 0.2) is 0 Å². The molecule has 2 aromatic rings. The van der Waals surface area contributed by atoms with E-state index in [1.807, 2.05) is 0 Å². The Labute approximate surface area is 133 Å². The van der Waals surface area contributed by atoms with Crippen LogP contribution in [0.5, 0.6) is 0 Å². The second-order valence-electron chi connectivity index (χ2n) is 7.11. The third-order valence-electron chi connectivity index (χ3n) is 4.82. The number of imidazole rings is 1. The fourth-order valence-electron chi connectivity index (χ4n) is 3.53. The van der Waals surface area contributed by atoms with Crippen LogP contribution in [0, 0.1) is 5.92 Å². The summed E-state index contributed by atoms with van der Waals surface area (Å²) in [7, 11) is 0. The third-order valence-corrected chi connectivity index (χ3v) is 4.82. The van der Waals surface area contributed by atoms with E-state index in [1.165, 1.54) is 35.4 Å². The van der Waals surface area contributed by atoms with E-state index in [1.54, 1.807) is 0 Å². The highest BCUT2D eigenvalue weighted by molar-refractivity contribution is 5.89. The van der Waals surface area contributed by atoms with Crippen molar-refractivity contribution >= 4 is 16.9 Å². The van der Waals surface area contributed by atoms with Gasteiger partial charge >= 0.3 is 0 Å². The molecule has 120 valence electrons. The molecule has 0 fully saturated rings. The van der Waals surface area contributed by atoms with E-state index in [0.29, 0.717) is 17.7 Å². The van der Waals surface area contributed by atoms with E-state index in [-0.39, 0.29) is 0 Å². The van der Waals surface area contributed by atoms with Gasteiger partial charge < -0.3 is 10.3 Å². The molecule has 0 amide bonds. The highest BCUT2D eigenvalue weighted by Gasteiger charge is 2.24. The Morgan fingerprint density at radius 1 is 1.14 bits per heavy atom. The summed E-state index contributed by atoms with van der Waals surface area (Å²) < 4.78 is 2.44. The van der Waals surface area contributed by atoms with Crippen LogP contribution in [0.2, 0.25) is 0 Å². The van der Waals surface area contributed by atoms with Gasteiger partial charge in [-0.25, -0.2) is 9.97 Å². The Morgan fingerprint density at radius 3 is 2.55 bits per heavy atom. The molecule has 0 bridgehead atoms. The van der Waals surface area contributed by atoms with Crippen LogP contribution in [-0.4, -0.2) is 14.5 Å². The number of aromatic nitrogens is 3. The van der Waals surface area contributed by atoms with Crippen LogP contribution in [0.4, 0.5) is 5.82 Å². The Hall–Kier alpha value is -1.58. The minimum atomic E-state index is 0.449. The first-order valence-corrected chi connectivity index (χ1v) is 8.70. The number of hydrogen-bond acceptors (Lipinski definition) is 3. The SMILES string of the molecule is CCC(C)c1nc2c(N)nc3c(c2n1CC(C)C)CCCC3. The molecule has 0 aliphatic heterocycles.